The second-order valence-electron chi connectivity index (χ2n) is 10.6. The first-order valence-corrected chi connectivity index (χ1v) is 14.1. The fraction of sp³-hybridized carbons (Fsp3) is 0.515. The molecule has 0 aromatic heterocycles. The largest absolute Gasteiger partial charge is 0.491 e. The van der Waals surface area contributed by atoms with Crippen molar-refractivity contribution in [3.8, 4) is 22.9 Å². The molecular formula is C33H43NO3. The lowest BCUT2D eigenvalue weighted by Crippen LogP contribution is -2.26. The Morgan fingerprint density at radius 1 is 1.11 bits per heavy atom. The van der Waals surface area contributed by atoms with Crippen LogP contribution in [-0.2, 0) is 9.53 Å². The van der Waals surface area contributed by atoms with Gasteiger partial charge in [-0.25, -0.2) is 4.79 Å². The molecule has 0 heterocycles. The van der Waals surface area contributed by atoms with Gasteiger partial charge in [0.1, 0.15) is 5.75 Å². The first-order valence-electron chi connectivity index (χ1n) is 14.1. The average Bonchev–Trinajstić information content (AvgIpc) is 2.93. The van der Waals surface area contributed by atoms with Crippen LogP contribution in [0.25, 0.3) is 11.1 Å². The van der Waals surface area contributed by atoms with Gasteiger partial charge in [0.2, 0.25) is 0 Å². The Kier molecular flexibility index (Phi) is 11.3. The van der Waals surface area contributed by atoms with Crippen molar-refractivity contribution in [2.24, 2.45) is 5.41 Å². The molecule has 0 radical (unpaired) electrons. The van der Waals surface area contributed by atoms with Gasteiger partial charge in [0.15, 0.2) is 0 Å². The fourth-order valence-corrected chi connectivity index (χ4v) is 5.55. The topological polar surface area (TPSA) is 59.3 Å². The maximum absolute atomic E-state index is 11.1. The van der Waals surface area contributed by atoms with Crippen LogP contribution >= 0.6 is 0 Å². The summed E-state index contributed by atoms with van der Waals surface area (Å²) in [5.74, 6) is 1.01. The van der Waals surface area contributed by atoms with E-state index in [1.807, 2.05) is 0 Å². The molecule has 3 unspecified atom stereocenters. The molecule has 37 heavy (non-hydrogen) atoms. The van der Waals surface area contributed by atoms with Gasteiger partial charge in [0.05, 0.1) is 24.2 Å². The Labute approximate surface area is 223 Å². The third-order valence-corrected chi connectivity index (χ3v) is 7.65. The van der Waals surface area contributed by atoms with Gasteiger partial charge in [0.25, 0.3) is 0 Å². The van der Waals surface area contributed by atoms with E-state index in [-0.39, 0.29) is 17.5 Å². The standard InChI is InChI=1S/C33H43NO3/c1-4-11-26(3)37-31-19-17-28(18-20-31)27-13-15-29(16-14-27)30-12-10-22-33(24-30,25-34)21-8-6-7-9-23-36-32(35)5-2/h5,13-20,26,30H,2,4,6-12,21-24H2,1,3H3. The van der Waals surface area contributed by atoms with Gasteiger partial charge in [-0.1, -0.05) is 82.0 Å². The monoisotopic (exact) mass is 501 g/mol. The lowest BCUT2D eigenvalue weighted by atomic mass is 9.66. The van der Waals surface area contributed by atoms with Crippen molar-refractivity contribution >= 4 is 5.97 Å². The van der Waals surface area contributed by atoms with Crippen LogP contribution in [0.1, 0.15) is 96.0 Å². The smallest absolute Gasteiger partial charge is 0.330 e. The van der Waals surface area contributed by atoms with Gasteiger partial charge in [0, 0.05) is 6.08 Å². The summed E-state index contributed by atoms with van der Waals surface area (Å²) < 4.78 is 11.0. The first-order chi connectivity index (χ1) is 18.0. The van der Waals surface area contributed by atoms with Crippen molar-refractivity contribution in [2.45, 2.75) is 96.5 Å². The number of hydrogen-bond acceptors (Lipinski definition) is 4. The van der Waals surface area contributed by atoms with Gasteiger partial charge >= 0.3 is 5.97 Å². The summed E-state index contributed by atoms with van der Waals surface area (Å²) in [6, 6.07) is 20.0. The number of unbranched alkanes of at least 4 members (excludes halogenated alkanes) is 3. The predicted octanol–water partition coefficient (Wildman–Crippen LogP) is 8.77. The summed E-state index contributed by atoms with van der Waals surface area (Å²) in [4.78, 5) is 11.1. The van der Waals surface area contributed by atoms with Gasteiger partial charge < -0.3 is 9.47 Å². The van der Waals surface area contributed by atoms with E-state index in [1.54, 1.807) is 0 Å². The Hall–Kier alpha value is -3.06. The number of carbonyl (C=O) groups excluding carboxylic acids is 1. The predicted molar refractivity (Wildman–Crippen MR) is 150 cm³/mol. The molecule has 0 N–H and O–H groups in total. The van der Waals surface area contributed by atoms with Crippen LogP contribution in [0.4, 0.5) is 0 Å². The van der Waals surface area contributed by atoms with E-state index in [0.717, 1.165) is 76.4 Å². The summed E-state index contributed by atoms with van der Waals surface area (Å²) in [6.45, 7) is 8.15. The van der Waals surface area contributed by atoms with Crippen LogP contribution in [0.3, 0.4) is 0 Å². The summed E-state index contributed by atoms with van der Waals surface area (Å²) in [6.07, 6.45) is 12.8. The first kappa shape index (κ1) is 28.5. The highest BCUT2D eigenvalue weighted by Gasteiger charge is 2.36. The molecule has 0 amide bonds. The molecule has 4 heteroatoms. The quantitative estimate of drug-likeness (QED) is 0.147. The van der Waals surface area contributed by atoms with Gasteiger partial charge in [-0.15, -0.1) is 0 Å². The number of nitriles is 1. The lowest BCUT2D eigenvalue weighted by Gasteiger charge is -2.36. The fourth-order valence-electron chi connectivity index (χ4n) is 5.55. The van der Waals surface area contributed by atoms with E-state index in [0.29, 0.717) is 12.5 Å². The zero-order valence-electron chi connectivity index (χ0n) is 22.7. The number of nitrogens with zero attached hydrogens (tertiary/aromatic N) is 1. The van der Waals surface area contributed by atoms with E-state index in [1.165, 1.54) is 22.8 Å². The van der Waals surface area contributed by atoms with Crippen molar-refractivity contribution < 1.29 is 14.3 Å². The Morgan fingerprint density at radius 3 is 2.43 bits per heavy atom. The molecule has 2 aromatic rings. The summed E-state index contributed by atoms with van der Waals surface area (Å²) >= 11 is 0. The molecule has 198 valence electrons. The number of rotatable bonds is 14. The molecule has 3 rings (SSSR count). The van der Waals surface area contributed by atoms with E-state index >= 15 is 0 Å². The van der Waals surface area contributed by atoms with Crippen LogP contribution < -0.4 is 4.74 Å². The van der Waals surface area contributed by atoms with Crippen molar-refractivity contribution in [1.82, 2.24) is 0 Å². The van der Waals surface area contributed by atoms with Crippen LogP contribution in [-0.4, -0.2) is 18.7 Å². The van der Waals surface area contributed by atoms with E-state index in [9.17, 15) is 10.1 Å². The van der Waals surface area contributed by atoms with Crippen LogP contribution in [0.5, 0.6) is 5.75 Å². The molecule has 1 aliphatic carbocycles. The van der Waals surface area contributed by atoms with E-state index < -0.39 is 0 Å². The molecule has 1 fully saturated rings. The third-order valence-electron chi connectivity index (χ3n) is 7.65. The minimum atomic E-state index is -0.357. The number of hydrogen-bond donors (Lipinski definition) is 0. The van der Waals surface area contributed by atoms with Gasteiger partial charge in [-0.3, -0.25) is 0 Å². The average molecular weight is 502 g/mol. The molecule has 0 spiro atoms. The van der Waals surface area contributed by atoms with Crippen LogP contribution in [0.15, 0.2) is 61.2 Å². The van der Waals surface area contributed by atoms with E-state index in [4.69, 9.17) is 9.47 Å². The molecular weight excluding hydrogens is 458 g/mol. The number of carbonyl (C=O) groups is 1. The summed E-state index contributed by atoms with van der Waals surface area (Å²) in [7, 11) is 0. The molecule has 0 bridgehead atoms. The van der Waals surface area contributed by atoms with E-state index in [2.05, 4.69) is 75.0 Å². The number of ether oxygens (including phenoxy) is 2. The molecule has 0 saturated heterocycles. The number of esters is 1. The lowest BCUT2D eigenvalue weighted by molar-refractivity contribution is -0.137. The van der Waals surface area contributed by atoms with Crippen molar-refractivity contribution in [2.75, 3.05) is 6.61 Å². The van der Waals surface area contributed by atoms with Crippen molar-refractivity contribution in [3.05, 3.63) is 66.7 Å². The van der Waals surface area contributed by atoms with Crippen LogP contribution in [0, 0.1) is 16.7 Å². The highest BCUT2D eigenvalue weighted by Crippen LogP contribution is 2.46. The molecule has 4 nitrogen and oxygen atoms in total. The highest BCUT2D eigenvalue weighted by atomic mass is 16.5. The summed E-state index contributed by atoms with van der Waals surface area (Å²) in [5.41, 5.74) is 3.52. The summed E-state index contributed by atoms with van der Waals surface area (Å²) in [5, 5.41) is 10.1. The minimum absolute atomic E-state index is 0.221. The molecule has 2 aromatic carbocycles. The normalized spacial score (nSPS) is 20.0. The molecule has 0 aliphatic heterocycles. The highest BCUT2D eigenvalue weighted by molar-refractivity contribution is 5.81. The Balaban J connectivity index is 1.51. The van der Waals surface area contributed by atoms with Crippen molar-refractivity contribution in [1.29, 1.82) is 5.26 Å². The maximum atomic E-state index is 11.1. The Morgan fingerprint density at radius 2 is 1.78 bits per heavy atom. The number of benzene rings is 2. The SMILES string of the molecule is C=CC(=O)OCCCCCCC1(C#N)CCCC(c2ccc(-c3ccc(OC(C)CCC)cc3)cc2)C1. The second-order valence-corrected chi connectivity index (χ2v) is 10.6. The minimum Gasteiger partial charge on any atom is -0.491 e. The Bertz CT molecular complexity index is 1020. The third kappa shape index (κ3) is 8.78. The van der Waals surface area contributed by atoms with Crippen molar-refractivity contribution in [3.63, 3.8) is 0 Å². The molecule has 1 saturated carbocycles. The van der Waals surface area contributed by atoms with Gasteiger partial charge in [-0.2, -0.15) is 5.26 Å². The zero-order valence-corrected chi connectivity index (χ0v) is 22.7. The molecule has 1 aliphatic rings. The molecule has 3 atom stereocenters. The van der Waals surface area contributed by atoms with Gasteiger partial charge in [-0.05, 0) is 80.2 Å². The zero-order chi connectivity index (χ0) is 26.5. The maximum Gasteiger partial charge on any atom is 0.330 e. The van der Waals surface area contributed by atoms with Crippen LogP contribution in [0.2, 0.25) is 0 Å². The second kappa shape index (κ2) is 14.6.